The highest BCUT2D eigenvalue weighted by molar-refractivity contribution is 6.00. The molecule has 0 radical (unpaired) electrons. The molecule has 5 rings (SSSR count). The van der Waals surface area contributed by atoms with Crippen LogP contribution in [-0.2, 0) is 16.1 Å². The van der Waals surface area contributed by atoms with Crippen molar-refractivity contribution in [2.24, 2.45) is 5.92 Å². The average Bonchev–Trinajstić information content (AvgIpc) is 3.04. The molecule has 2 aliphatic rings. The maximum atomic E-state index is 13.8. The van der Waals surface area contributed by atoms with E-state index >= 15 is 0 Å². The molecule has 0 spiro atoms. The smallest absolute Gasteiger partial charge is 0.230 e. The van der Waals surface area contributed by atoms with Crippen molar-refractivity contribution in [1.29, 1.82) is 0 Å². The summed E-state index contributed by atoms with van der Waals surface area (Å²) < 4.78 is 10.7. The molecule has 1 N–H and O–H groups in total. The van der Waals surface area contributed by atoms with Gasteiger partial charge in [0.2, 0.25) is 11.8 Å². The molecule has 7 nitrogen and oxygen atoms in total. The van der Waals surface area contributed by atoms with Crippen LogP contribution in [0, 0.1) is 5.92 Å². The number of ether oxygens (including phenoxy) is 2. The van der Waals surface area contributed by atoms with Crippen molar-refractivity contribution < 1.29 is 14.3 Å². The summed E-state index contributed by atoms with van der Waals surface area (Å²) in [5.41, 5.74) is 4.69. The SMILES string of the molecule is COc1ccc(-c2ccc3c(c2)N(C(=O)C2CCC(OC)CC2)Cc2cccnc2N3)cn1. The second-order valence-corrected chi connectivity index (χ2v) is 8.59. The Hall–Kier alpha value is -3.45. The van der Waals surface area contributed by atoms with Crippen molar-refractivity contribution in [3.63, 3.8) is 0 Å². The lowest BCUT2D eigenvalue weighted by Gasteiger charge is -2.32. The number of carbonyl (C=O) groups is 1. The third kappa shape index (κ3) is 4.28. The Morgan fingerprint density at radius 3 is 2.58 bits per heavy atom. The molecule has 2 aromatic heterocycles. The lowest BCUT2D eigenvalue weighted by molar-refractivity contribution is -0.124. The van der Waals surface area contributed by atoms with E-state index in [4.69, 9.17) is 9.47 Å². The maximum absolute atomic E-state index is 13.8. The highest BCUT2D eigenvalue weighted by Crippen LogP contribution is 2.40. The van der Waals surface area contributed by atoms with E-state index in [9.17, 15) is 4.79 Å². The molecule has 1 aliphatic carbocycles. The molecule has 1 amide bonds. The standard InChI is InChI=1S/C26H28N4O3/c1-32-21-9-5-17(6-10-21)26(31)30-16-20-4-3-13-27-25(20)29-22-11-7-18(14-23(22)30)19-8-12-24(33-2)28-15-19/h3-4,7-8,11-15,17,21H,5-6,9-10,16H2,1-2H3,(H,27,29). The predicted octanol–water partition coefficient (Wildman–Crippen LogP) is 4.95. The Labute approximate surface area is 193 Å². The first kappa shape index (κ1) is 21.4. The number of nitrogens with one attached hydrogen (secondary N) is 1. The number of nitrogens with zero attached hydrogens (tertiary/aromatic N) is 3. The molecule has 3 heterocycles. The van der Waals surface area contributed by atoms with Gasteiger partial charge in [-0.15, -0.1) is 0 Å². The number of aromatic nitrogens is 2. The topological polar surface area (TPSA) is 76.6 Å². The van der Waals surface area contributed by atoms with Gasteiger partial charge in [0, 0.05) is 42.6 Å². The van der Waals surface area contributed by atoms with Gasteiger partial charge in [-0.1, -0.05) is 12.1 Å². The van der Waals surface area contributed by atoms with Gasteiger partial charge in [-0.25, -0.2) is 9.97 Å². The predicted molar refractivity (Wildman–Crippen MR) is 128 cm³/mol. The molecular weight excluding hydrogens is 416 g/mol. The van der Waals surface area contributed by atoms with E-state index in [1.807, 2.05) is 41.3 Å². The van der Waals surface area contributed by atoms with E-state index in [1.54, 1.807) is 26.6 Å². The highest BCUT2D eigenvalue weighted by Gasteiger charge is 2.33. The van der Waals surface area contributed by atoms with E-state index in [1.165, 1.54) is 0 Å². The van der Waals surface area contributed by atoms with Gasteiger partial charge in [-0.2, -0.15) is 0 Å². The minimum absolute atomic E-state index is 0.00576. The number of pyridine rings is 2. The molecule has 1 saturated carbocycles. The van der Waals surface area contributed by atoms with E-state index in [2.05, 4.69) is 21.4 Å². The fourth-order valence-electron chi connectivity index (χ4n) is 4.74. The van der Waals surface area contributed by atoms with Crippen LogP contribution in [-0.4, -0.2) is 36.2 Å². The maximum Gasteiger partial charge on any atom is 0.230 e. The number of hydrogen-bond acceptors (Lipinski definition) is 6. The van der Waals surface area contributed by atoms with Crippen LogP contribution in [0.25, 0.3) is 11.1 Å². The van der Waals surface area contributed by atoms with Crippen LogP contribution in [0.5, 0.6) is 5.88 Å². The second kappa shape index (κ2) is 9.19. The van der Waals surface area contributed by atoms with Crippen molar-refractivity contribution in [1.82, 2.24) is 9.97 Å². The normalized spacial score (nSPS) is 19.6. The summed E-state index contributed by atoms with van der Waals surface area (Å²) in [4.78, 5) is 24.6. The highest BCUT2D eigenvalue weighted by atomic mass is 16.5. The number of carbonyl (C=O) groups excluding carboxylic acids is 1. The molecule has 1 fully saturated rings. The number of fused-ring (bicyclic) bond motifs is 2. The minimum Gasteiger partial charge on any atom is -0.481 e. The van der Waals surface area contributed by atoms with Gasteiger partial charge in [-0.3, -0.25) is 4.79 Å². The Balaban J connectivity index is 1.52. The lowest BCUT2D eigenvalue weighted by Crippen LogP contribution is -2.38. The van der Waals surface area contributed by atoms with Gasteiger partial charge in [-0.05, 0) is 55.5 Å². The third-order valence-corrected chi connectivity index (χ3v) is 6.66. The van der Waals surface area contributed by atoms with Crippen LogP contribution >= 0.6 is 0 Å². The van der Waals surface area contributed by atoms with Crippen LogP contribution in [0.3, 0.4) is 0 Å². The van der Waals surface area contributed by atoms with Crippen LogP contribution < -0.4 is 15.0 Å². The first-order valence-electron chi connectivity index (χ1n) is 11.4. The van der Waals surface area contributed by atoms with Gasteiger partial charge in [0.15, 0.2) is 0 Å². The van der Waals surface area contributed by atoms with E-state index in [-0.39, 0.29) is 17.9 Å². The van der Waals surface area contributed by atoms with Crippen molar-refractivity contribution in [2.45, 2.75) is 38.3 Å². The summed E-state index contributed by atoms with van der Waals surface area (Å²) in [6.07, 6.45) is 7.34. The molecule has 0 bridgehead atoms. The largest absolute Gasteiger partial charge is 0.481 e. The summed E-state index contributed by atoms with van der Waals surface area (Å²) >= 11 is 0. The third-order valence-electron chi connectivity index (χ3n) is 6.66. The number of hydrogen-bond donors (Lipinski definition) is 1. The number of benzene rings is 1. The zero-order valence-corrected chi connectivity index (χ0v) is 19.0. The molecule has 0 unspecified atom stereocenters. The summed E-state index contributed by atoms with van der Waals surface area (Å²) in [6, 6.07) is 13.9. The molecule has 7 heteroatoms. The number of amides is 1. The van der Waals surface area contributed by atoms with Crippen LogP contribution in [0.2, 0.25) is 0 Å². The van der Waals surface area contributed by atoms with E-state index in [0.29, 0.717) is 12.4 Å². The van der Waals surface area contributed by atoms with Crippen LogP contribution in [0.15, 0.2) is 54.9 Å². The van der Waals surface area contributed by atoms with Crippen molar-refractivity contribution in [3.05, 3.63) is 60.4 Å². The fourth-order valence-corrected chi connectivity index (χ4v) is 4.74. The van der Waals surface area contributed by atoms with Gasteiger partial charge < -0.3 is 19.7 Å². The molecule has 33 heavy (non-hydrogen) atoms. The number of methoxy groups -OCH3 is 2. The molecule has 170 valence electrons. The summed E-state index contributed by atoms with van der Waals surface area (Å²) in [5.74, 6) is 1.51. The Bertz CT molecular complexity index is 1140. The first-order valence-corrected chi connectivity index (χ1v) is 11.4. The van der Waals surface area contributed by atoms with Gasteiger partial charge >= 0.3 is 0 Å². The first-order chi connectivity index (χ1) is 16.2. The number of rotatable bonds is 4. The fraction of sp³-hybridized carbons (Fsp3) is 0.346. The summed E-state index contributed by atoms with van der Waals surface area (Å²) in [6.45, 7) is 0.483. The second-order valence-electron chi connectivity index (χ2n) is 8.59. The minimum atomic E-state index is -0.00576. The van der Waals surface area contributed by atoms with Crippen molar-refractivity contribution in [3.8, 4) is 17.0 Å². The number of anilines is 3. The Kier molecular flexibility index (Phi) is 5.96. The monoisotopic (exact) mass is 444 g/mol. The summed E-state index contributed by atoms with van der Waals surface area (Å²) in [7, 11) is 3.36. The van der Waals surface area contributed by atoms with Crippen molar-refractivity contribution in [2.75, 3.05) is 24.4 Å². The van der Waals surface area contributed by atoms with E-state index < -0.39 is 0 Å². The van der Waals surface area contributed by atoms with Gasteiger partial charge in [0.25, 0.3) is 0 Å². The Morgan fingerprint density at radius 2 is 1.85 bits per heavy atom. The van der Waals surface area contributed by atoms with Gasteiger partial charge in [0.1, 0.15) is 5.82 Å². The van der Waals surface area contributed by atoms with Crippen LogP contribution in [0.4, 0.5) is 17.2 Å². The molecule has 0 atom stereocenters. The lowest BCUT2D eigenvalue weighted by atomic mass is 9.86. The van der Waals surface area contributed by atoms with E-state index in [0.717, 1.165) is 59.6 Å². The quantitative estimate of drug-likeness (QED) is 0.614. The molecule has 0 saturated heterocycles. The summed E-state index contributed by atoms with van der Waals surface area (Å²) in [5, 5.41) is 3.44. The molecule has 3 aromatic rings. The van der Waals surface area contributed by atoms with Crippen molar-refractivity contribution >= 4 is 23.1 Å². The molecular formula is C26H28N4O3. The molecule has 1 aromatic carbocycles. The average molecular weight is 445 g/mol. The zero-order chi connectivity index (χ0) is 22.8. The Morgan fingerprint density at radius 1 is 1.03 bits per heavy atom. The zero-order valence-electron chi connectivity index (χ0n) is 19.0. The van der Waals surface area contributed by atoms with Gasteiger partial charge in [0.05, 0.1) is 31.1 Å². The van der Waals surface area contributed by atoms with Crippen LogP contribution in [0.1, 0.15) is 31.2 Å². The molecule has 1 aliphatic heterocycles.